The van der Waals surface area contributed by atoms with E-state index >= 15 is 0 Å². The van der Waals surface area contributed by atoms with Gasteiger partial charge in [-0.2, -0.15) is 0 Å². The number of aryl methyl sites for hydroxylation is 2. The summed E-state index contributed by atoms with van der Waals surface area (Å²) in [5, 5.41) is 0. The van der Waals surface area contributed by atoms with Crippen molar-refractivity contribution in [3.8, 4) is 28.4 Å². The molecule has 2 aromatic heterocycles. The molecule has 1 atom stereocenters. The SMILES string of the molecule is Cc1cc(-c2nc(-c3ccc(F)c(OCCF)c3)n3c2CCOC(C)C3)cc(C)n1. The first-order valence-electron chi connectivity index (χ1n) is 10.1. The van der Waals surface area contributed by atoms with Crippen molar-refractivity contribution in [3.05, 3.63) is 53.2 Å². The van der Waals surface area contributed by atoms with Crippen molar-refractivity contribution >= 4 is 0 Å². The summed E-state index contributed by atoms with van der Waals surface area (Å²) in [6.45, 7) is 6.33. The van der Waals surface area contributed by atoms with Gasteiger partial charge < -0.3 is 14.0 Å². The zero-order chi connectivity index (χ0) is 21.3. The van der Waals surface area contributed by atoms with E-state index in [1.54, 1.807) is 12.1 Å². The first kappa shape index (κ1) is 20.5. The van der Waals surface area contributed by atoms with Gasteiger partial charge in [-0.3, -0.25) is 4.98 Å². The summed E-state index contributed by atoms with van der Waals surface area (Å²) < 4.78 is 39.9. The average Bonchev–Trinajstić information content (AvgIpc) is 2.93. The van der Waals surface area contributed by atoms with E-state index in [0.717, 1.165) is 40.6 Å². The van der Waals surface area contributed by atoms with Crippen LogP contribution in [0.3, 0.4) is 0 Å². The van der Waals surface area contributed by atoms with Crippen molar-refractivity contribution in [2.45, 2.75) is 39.8 Å². The Morgan fingerprint density at radius 2 is 1.90 bits per heavy atom. The lowest BCUT2D eigenvalue weighted by Crippen LogP contribution is -2.15. The second kappa shape index (κ2) is 8.52. The number of hydrogen-bond acceptors (Lipinski definition) is 4. The summed E-state index contributed by atoms with van der Waals surface area (Å²) >= 11 is 0. The maximum absolute atomic E-state index is 14.1. The molecule has 0 spiro atoms. The molecule has 7 heteroatoms. The fourth-order valence-corrected chi connectivity index (χ4v) is 3.93. The number of halogens is 2. The standard InChI is InChI=1S/C23H25F2N3O2/c1-14-10-18(11-15(2)26-14)22-20-6-8-29-16(3)13-28(20)23(27-22)17-4-5-19(25)21(12-17)30-9-7-24/h4-5,10-12,16H,6-9,13H2,1-3H3. The van der Waals surface area contributed by atoms with Gasteiger partial charge >= 0.3 is 0 Å². The quantitative estimate of drug-likeness (QED) is 0.610. The molecule has 0 radical (unpaired) electrons. The summed E-state index contributed by atoms with van der Waals surface area (Å²) in [4.78, 5) is 9.44. The summed E-state index contributed by atoms with van der Waals surface area (Å²) in [7, 11) is 0. The van der Waals surface area contributed by atoms with E-state index in [-0.39, 0.29) is 18.5 Å². The summed E-state index contributed by atoms with van der Waals surface area (Å²) in [6, 6.07) is 8.65. The lowest BCUT2D eigenvalue weighted by molar-refractivity contribution is 0.0666. The van der Waals surface area contributed by atoms with Gasteiger partial charge in [0.15, 0.2) is 11.6 Å². The molecule has 0 amide bonds. The van der Waals surface area contributed by atoms with Gasteiger partial charge in [0.25, 0.3) is 0 Å². The molecule has 0 bridgehead atoms. The van der Waals surface area contributed by atoms with Crippen molar-refractivity contribution < 1.29 is 18.3 Å². The molecule has 3 heterocycles. The first-order valence-corrected chi connectivity index (χ1v) is 10.1. The van der Waals surface area contributed by atoms with Crippen LogP contribution >= 0.6 is 0 Å². The van der Waals surface area contributed by atoms with Crippen LogP contribution < -0.4 is 4.74 Å². The van der Waals surface area contributed by atoms with Gasteiger partial charge in [0.2, 0.25) is 0 Å². The third-order valence-electron chi connectivity index (χ3n) is 5.13. The van der Waals surface area contributed by atoms with Crippen LogP contribution in [0, 0.1) is 19.7 Å². The number of nitrogens with zero attached hydrogens (tertiary/aromatic N) is 3. The Morgan fingerprint density at radius 1 is 1.13 bits per heavy atom. The predicted octanol–water partition coefficient (Wildman–Crippen LogP) is 4.68. The van der Waals surface area contributed by atoms with Crippen molar-refractivity contribution in [1.29, 1.82) is 0 Å². The zero-order valence-corrected chi connectivity index (χ0v) is 17.4. The number of aromatic nitrogens is 3. The molecule has 0 fully saturated rings. The van der Waals surface area contributed by atoms with E-state index in [1.165, 1.54) is 6.07 Å². The van der Waals surface area contributed by atoms with Gasteiger partial charge in [-0.05, 0) is 51.1 Å². The van der Waals surface area contributed by atoms with Crippen LogP contribution in [0.1, 0.15) is 24.0 Å². The molecular weight excluding hydrogens is 388 g/mol. The Labute approximate surface area is 174 Å². The van der Waals surface area contributed by atoms with Crippen LogP contribution in [0.4, 0.5) is 8.78 Å². The fourth-order valence-electron chi connectivity index (χ4n) is 3.93. The van der Waals surface area contributed by atoms with Gasteiger partial charge in [-0.15, -0.1) is 0 Å². The number of rotatable bonds is 5. The molecule has 3 aromatic rings. The molecule has 1 aromatic carbocycles. The van der Waals surface area contributed by atoms with E-state index in [9.17, 15) is 8.78 Å². The fraction of sp³-hybridized carbons (Fsp3) is 0.391. The molecule has 5 nitrogen and oxygen atoms in total. The Morgan fingerprint density at radius 3 is 2.63 bits per heavy atom. The summed E-state index contributed by atoms with van der Waals surface area (Å²) in [5.41, 5.74) is 5.53. The highest BCUT2D eigenvalue weighted by molar-refractivity contribution is 5.69. The highest BCUT2D eigenvalue weighted by Crippen LogP contribution is 2.34. The first-order chi connectivity index (χ1) is 14.5. The van der Waals surface area contributed by atoms with Crippen LogP contribution in [-0.2, 0) is 17.7 Å². The lowest BCUT2D eigenvalue weighted by atomic mass is 10.1. The lowest BCUT2D eigenvalue weighted by Gasteiger charge is -2.13. The van der Waals surface area contributed by atoms with Crippen LogP contribution in [-0.4, -0.2) is 40.5 Å². The second-order valence-corrected chi connectivity index (χ2v) is 7.59. The van der Waals surface area contributed by atoms with Crippen LogP contribution in [0.15, 0.2) is 30.3 Å². The van der Waals surface area contributed by atoms with E-state index in [2.05, 4.69) is 9.55 Å². The third kappa shape index (κ3) is 4.07. The number of imidazole rings is 1. The molecule has 1 aliphatic rings. The van der Waals surface area contributed by atoms with Crippen LogP contribution in [0.5, 0.6) is 5.75 Å². The van der Waals surface area contributed by atoms with E-state index in [0.29, 0.717) is 18.7 Å². The molecule has 0 saturated carbocycles. The van der Waals surface area contributed by atoms with Gasteiger partial charge in [0.1, 0.15) is 19.1 Å². The zero-order valence-electron chi connectivity index (χ0n) is 17.4. The van der Waals surface area contributed by atoms with E-state index < -0.39 is 12.5 Å². The number of hydrogen-bond donors (Lipinski definition) is 0. The molecule has 0 aliphatic carbocycles. The monoisotopic (exact) mass is 413 g/mol. The number of pyridine rings is 1. The normalized spacial score (nSPS) is 16.2. The van der Waals surface area contributed by atoms with Gasteiger partial charge in [0, 0.05) is 34.6 Å². The molecule has 30 heavy (non-hydrogen) atoms. The van der Waals surface area contributed by atoms with E-state index in [1.807, 2.05) is 32.9 Å². The van der Waals surface area contributed by atoms with E-state index in [4.69, 9.17) is 14.5 Å². The van der Waals surface area contributed by atoms with Crippen LogP contribution in [0.2, 0.25) is 0 Å². The Bertz CT molecular complexity index is 1040. The largest absolute Gasteiger partial charge is 0.488 e. The Hall–Kier alpha value is -2.80. The summed E-state index contributed by atoms with van der Waals surface area (Å²) in [6.07, 6.45) is 0.745. The average molecular weight is 413 g/mol. The third-order valence-corrected chi connectivity index (χ3v) is 5.13. The molecule has 158 valence electrons. The van der Waals surface area contributed by atoms with Crippen molar-refractivity contribution in [2.75, 3.05) is 19.9 Å². The Balaban J connectivity index is 1.87. The molecule has 1 unspecified atom stereocenters. The number of ether oxygens (including phenoxy) is 2. The molecular formula is C23H25F2N3O2. The van der Waals surface area contributed by atoms with Gasteiger partial charge in [0.05, 0.1) is 24.9 Å². The minimum Gasteiger partial charge on any atom is -0.488 e. The predicted molar refractivity (Wildman–Crippen MR) is 111 cm³/mol. The number of fused-ring (bicyclic) bond motifs is 1. The van der Waals surface area contributed by atoms with Crippen molar-refractivity contribution in [2.24, 2.45) is 0 Å². The highest BCUT2D eigenvalue weighted by atomic mass is 19.1. The molecule has 1 aliphatic heterocycles. The topological polar surface area (TPSA) is 49.2 Å². The number of benzene rings is 1. The minimum atomic E-state index is -0.678. The number of alkyl halides is 1. The molecule has 0 saturated heterocycles. The molecule has 0 N–H and O–H groups in total. The molecule has 4 rings (SSSR count). The minimum absolute atomic E-state index is 0.0238. The summed E-state index contributed by atoms with van der Waals surface area (Å²) in [5.74, 6) is 0.222. The van der Waals surface area contributed by atoms with Crippen molar-refractivity contribution in [3.63, 3.8) is 0 Å². The second-order valence-electron chi connectivity index (χ2n) is 7.59. The maximum atomic E-state index is 14.1. The van der Waals surface area contributed by atoms with Crippen molar-refractivity contribution in [1.82, 2.24) is 14.5 Å². The van der Waals surface area contributed by atoms with Gasteiger partial charge in [-0.25, -0.2) is 13.8 Å². The van der Waals surface area contributed by atoms with Crippen LogP contribution in [0.25, 0.3) is 22.6 Å². The highest BCUT2D eigenvalue weighted by Gasteiger charge is 2.24. The Kier molecular flexibility index (Phi) is 5.81. The van der Waals surface area contributed by atoms with Gasteiger partial charge in [-0.1, -0.05) is 0 Å². The smallest absolute Gasteiger partial charge is 0.165 e. The maximum Gasteiger partial charge on any atom is 0.165 e.